The van der Waals surface area contributed by atoms with E-state index in [1.165, 1.54) is 21.8 Å². The molecule has 0 fully saturated rings. The van der Waals surface area contributed by atoms with Gasteiger partial charge in [-0.3, -0.25) is 0 Å². The summed E-state index contributed by atoms with van der Waals surface area (Å²) in [4.78, 5) is 4.27. The first-order valence-electron chi connectivity index (χ1n) is 10.9. The Morgan fingerprint density at radius 2 is 1.24 bits per heavy atom. The molecular weight excluding hydrogens is 402 g/mol. The Labute approximate surface area is 191 Å². The molecule has 3 heteroatoms. The lowest BCUT2D eigenvalue weighted by Gasteiger charge is -2.13. The van der Waals surface area contributed by atoms with Crippen LogP contribution < -0.4 is 0 Å². The summed E-state index contributed by atoms with van der Waals surface area (Å²) >= 11 is 0. The Bertz CT molecular complexity index is 1630. The summed E-state index contributed by atoms with van der Waals surface area (Å²) in [5, 5.41) is 12.1. The quantitative estimate of drug-likeness (QED) is 0.299. The number of benzene rings is 4. The third-order valence-corrected chi connectivity index (χ3v) is 6.13. The van der Waals surface area contributed by atoms with Crippen LogP contribution in [0.1, 0.15) is 5.69 Å². The van der Waals surface area contributed by atoms with Crippen molar-refractivity contribution in [2.45, 2.75) is 0 Å². The van der Waals surface area contributed by atoms with Crippen molar-refractivity contribution in [2.75, 3.05) is 0 Å². The minimum Gasteiger partial charge on any atom is -0.309 e. The van der Waals surface area contributed by atoms with Gasteiger partial charge in [-0.25, -0.2) is 4.98 Å². The van der Waals surface area contributed by atoms with Crippen LogP contribution in [0.15, 0.2) is 115 Å². The zero-order chi connectivity index (χ0) is 22.2. The van der Waals surface area contributed by atoms with Crippen molar-refractivity contribution < 1.29 is 0 Å². The maximum absolute atomic E-state index is 9.60. The fourth-order valence-corrected chi connectivity index (χ4v) is 4.69. The van der Waals surface area contributed by atoms with Gasteiger partial charge in [0.05, 0.1) is 11.0 Å². The minimum absolute atomic E-state index is 0.434. The molecule has 0 saturated carbocycles. The molecule has 33 heavy (non-hydrogen) atoms. The molecule has 6 aromatic rings. The Balaban J connectivity index is 1.59. The molecule has 0 spiro atoms. The number of pyridine rings is 1. The SMILES string of the molecule is N#Cc1ncccc1-c1ccccc1-c1cccc(-n2c3ccccc3c3ccccc32)c1. The van der Waals surface area contributed by atoms with Crippen molar-refractivity contribution in [3.8, 4) is 34.0 Å². The summed E-state index contributed by atoms with van der Waals surface area (Å²) in [6.07, 6.45) is 1.66. The topological polar surface area (TPSA) is 41.6 Å². The molecule has 0 aliphatic carbocycles. The fraction of sp³-hybridized carbons (Fsp3) is 0. The van der Waals surface area contributed by atoms with Gasteiger partial charge in [-0.1, -0.05) is 72.8 Å². The predicted molar refractivity (Wildman–Crippen MR) is 134 cm³/mol. The van der Waals surface area contributed by atoms with Gasteiger partial charge in [0, 0.05) is 28.2 Å². The summed E-state index contributed by atoms with van der Waals surface area (Å²) in [5.41, 5.74) is 7.92. The molecule has 2 heterocycles. The molecule has 0 N–H and O–H groups in total. The molecule has 0 atom stereocenters. The van der Waals surface area contributed by atoms with Gasteiger partial charge in [0.1, 0.15) is 11.8 Å². The van der Waals surface area contributed by atoms with Crippen molar-refractivity contribution >= 4 is 21.8 Å². The second kappa shape index (κ2) is 7.78. The van der Waals surface area contributed by atoms with Crippen molar-refractivity contribution in [3.05, 3.63) is 121 Å². The number of nitrogens with zero attached hydrogens (tertiary/aromatic N) is 3. The molecule has 6 rings (SSSR count). The van der Waals surface area contributed by atoms with E-state index in [0.717, 1.165) is 27.9 Å². The standard InChI is InChI=1S/C30H19N3/c31-20-28-25(15-8-18-32-28)24-12-2-1-11-23(24)21-9-7-10-22(19-21)33-29-16-5-3-13-26(29)27-14-4-6-17-30(27)33/h1-19H. The van der Waals surface area contributed by atoms with E-state index >= 15 is 0 Å². The van der Waals surface area contributed by atoms with Crippen LogP contribution in [0, 0.1) is 11.3 Å². The molecule has 4 aromatic carbocycles. The van der Waals surface area contributed by atoms with Crippen LogP contribution in [-0.2, 0) is 0 Å². The van der Waals surface area contributed by atoms with Gasteiger partial charge in [-0.15, -0.1) is 0 Å². The van der Waals surface area contributed by atoms with Crippen molar-refractivity contribution in [2.24, 2.45) is 0 Å². The van der Waals surface area contributed by atoms with Crippen LogP contribution in [0.5, 0.6) is 0 Å². The van der Waals surface area contributed by atoms with Gasteiger partial charge >= 0.3 is 0 Å². The van der Waals surface area contributed by atoms with Crippen LogP contribution in [-0.4, -0.2) is 9.55 Å². The molecule has 0 saturated heterocycles. The highest BCUT2D eigenvalue weighted by atomic mass is 15.0. The van der Waals surface area contributed by atoms with Gasteiger partial charge in [0.25, 0.3) is 0 Å². The fourth-order valence-electron chi connectivity index (χ4n) is 4.69. The summed E-state index contributed by atoms with van der Waals surface area (Å²) < 4.78 is 2.32. The van der Waals surface area contributed by atoms with Crippen molar-refractivity contribution in [3.63, 3.8) is 0 Å². The van der Waals surface area contributed by atoms with Gasteiger partial charge in [0.2, 0.25) is 0 Å². The Hall–Kier alpha value is -4.68. The first-order chi connectivity index (χ1) is 16.3. The first-order valence-corrected chi connectivity index (χ1v) is 10.9. The van der Waals surface area contributed by atoms with Gasteiger partial charge in [-0.05, 0) is 53.1 Å². The van der Waals surface area contributed by atoms with Crippen molar-refractivity contribution in [1.82, 2.24) is 9.55 Å². The molecule has 0 unspecified atom stereocenters. The van der Waals surface area contributed by atoms with Crippen LogP contribution in [0.2, 0.25) is 0 Å². The second-order valence-corrected chi connectivity index (χ2v) is 7.98. The van der Waals surface area contributed by atoms with Crippen LogP contribution in [0.3, 0.4) is 0 Å². The number of para-hydroxylation sites is 2. The largest absolute Gasteiger partial charge is 0.309 e. The van der Waals surface area contributed by atoms with Crippen molar-refractivity contribution in [1.29, 1.82) is 5.26 Å². The molecular formula is C30H19N3. The van der Waals surface area contributed by atoms with Gasteiger partial charge in [0.15, 0.2) is 0 Å². The number of fused-ring (bicyclic) bond motifs is 3. The van der Waals surface area contributed by atoms with E-state index in [1.54, 1.807) is 6.20 Å². The third kappa shape index (κ3) is 3.09. The normalized spacial score (nSPS) is 11.0. The average molecular weight is 422 g/mol. The van der Waals surface area contributed by atoms with Crippen LogP contribution in [0.4, 0.5) is 0 Å². The molecule has 0 radical (unpaired) electrons. The molecule has 0 amide bonds. The van der Waals surface area contributed by atoms with Gasteiger partial charge < -0.3 is 4.57 Å². The number of aromatic nitrogens is 2. The van der Waals surface area contributed by atoms with Crippen LogP contribution >= 0.6 is 0 Å². The lowest BCUT2D eigenvalue weighted by Crippen LogP contribution is -1.95. The molecule has 0 bridgehead atoms. The molecule has 2 aromatic heterocycles. The number of hydrogen-bond donors (Lipinski definition) is 0. The Kier molecular flexibility index (Phi) is 4.49. The lowest BCUT2D eigenvalue weighted by molar-refractivity contribution is 1.18. The zero-order valence-electron chi connectivity index (χ0n) is 17.8. The predicted octanol–water partition coefficient (Wildman–Crippen LogP) is 7.38. The molecule has 154 valence electrons. The maximum atomic E-state index is 9.60. The number of nitriles is 1. The van der Waals surface area contributed by atoms with E-state index in [1.807, 2.05) is 24.3 Å². The molecule has 3 nitrogen and oxygen atoms in total. The molecule has 0 aliphatic heterocycles. The smallest absolute Gasteiger partial charge is 0.148 e. The van der Waals surface area contributed by atoms with E-state index in [9.17, 15) is 5.26 Å². The number of hydrogen-bond acceptors (Lipinski definition) is 2. The van der Waals surface area contributed by atoms with E-state index in [-0.39, 0.29) is 0 Å². The zero-order valence-corrected chi connectivity index (χ0v) is 17.8. The summed E-state index contributed by atoms with van der Waals surface area (Å²) in [7, 11) is 0. The molecule has 0 aliphatic rings. The van der Waals surface area contributed by atoms with E-state index in [2.05, 4.69) is 101 Å². The Morgan fingerprint density at radius 3 is 1.97 bits per heavy atom. The highest BCUT2D eigenvalue weighted by Gasteiger charge is 2.14. The number of rotatable bonds is 3. The first kappa shape index (κ1) is 19.0. The van der Waals surface area contributed by atoms with E-state index < -0.39 is 0 Å². The second-order valence-electron chi connectivity index (χ2n) is 7.98. The van der Waals surface area contributed by atoms with E-state index in [0.29, 0.717) is 5.69 Å². The Morgan fingerprint density at radius 1 is 0.606 bits per heavy atom. The average Bonchev–Trinajstić information content (AvgIpc) is 3.23. The lowest BCUT2D eigenvalue weighted by atomic mass is 9.93. The highest BCUT2D eigenvalue weighted by molar-refractivity contribution is 6.09. The van der Waals surface area contributed by atoms with Crippen LogP contribution in [0.25, 0.3) is 49.7 Å². The van der Waals surface area contributed by atoms with Gasteiger partial charge in [-0.2, -0.15) is 5.26 Å². The minimum atomic E-state index is 0.434. The summed E-state index contributed by atoms with van der Waals surface area (Å²) in [6.45, 7) is 0. The highest BCUT2D eigenvalue weighted by Crippen LogP contribution is 2.36. The third-order valence-electron chi connectivity index (χ3n) is 6.13. The van der Waals surface area contributed by atoms with E-state index in [4.69, 9.17) is 0 Å². The summed E-state index contributed by atoms with van der Waals surface area (Å²) in [5.74, 6) is 0. The summed E-state index contributed by atoms with van der Waals surface area (Å²) in [6, 6.07) is 39.9. The monoisotopic (exact) mass is 421 g/mol. The maximum Gasteiger partial charge on any atom is 0.148 e.